The molecule has 2 unspecified atom stereocenters. The van der Waals surface area contributed by atoms with Crippen LogP contribution in [0.5, 0.6) is 17.4 Å². The van der Waals surface area contributed by atoms with E-state index in [1.54, 1.807) is 16.8 Å². The molecule has 1 aromatic heterocycles. The van der Waals surface area contributed by atoms with Gasteiger partial charge in [0.1, 0.15) is 24.1 Å². The smallest absolute Gasteiger partial charge is 0.228 e. The Bertz CT molecular complexity index is 1570. The second-order valence-corrected chi connectivity index (χ2v) is 9.04. The number of benzene rings is 3. The molecule has 1 N–H and O–H groups in total. The molecule has 0 spiro atoms. The van der Waals surface area contributed by atoms with Gasteiger partial charge in [-0.1, -0.05) is 23.8 Å². The third-order valence-electron chi connectivity index (χ3n) is 6.55. The minimum atomic E-state index is -0.895. The SMILES string of the molecule is COc1ccc(C2c3c(C)nn(-c4ccc(C)cc4)c3OC(=N)C2C#N)cc1COc1ccc(F)cc1F. The summed E-state index contributed by atoms with van der Waals surface area (Å²) >= 11 is 0. The molecule has 2 heterocycles. The Morgan fingerprint density at radius 2 is 1.79 bits per heavy atom. The van der Waals surface area contributed by atoms with Crippen LogP contribution in [0.4, 0.5) is 8.78 Å². The summed E-state index contributed by atoms with van der Waals surface area (Å²) in [7, 11) is 1.51. The number of fused-ring (bicyclic) bond motifs is 1. The molecule has 0 radical (unpaired) electrons. The van der Waals surface area contributed by atoms with Gasteiger partial charge in [0.2, 0.25) is 11.8 Å². The number of hydrogen-bond acceptors (Lipinski definition) is 6. The van der Waals surface area contributed by atoms with Crippen LogP contribution in [0.2, 0.25) is 0 Å². The molecule has 0 saturated heterocycles. The third-order valence-corrected chi connectivity index (χ3v) is 6.55. The number of ether oxygens (including phenoxy) is 3. The van der Waals surface area contributed by atoms with Crippen LogP contribution in [-0.2, 0) is 6.61 Å². The molecule has 4 aromatic rings. The fourth-order valence-corrected chi connectivity index (χ4v) is 4.67. The molecule has 7 nitrogen and oxygen atoms in total. The summed E-state index contributed by atoms with van der Waals surface area (Å²) in [4.78, 5) is 0. The Kier molecular flexibility index (Phi) is 6.55. The Balaban J connectivity index is 1.57. The molecule has 0 bridgehead atoms. The van der Waals surface area contributed by atoms with Gasteiger partial charge in [-0.3, -0.25) is 5.41 Å². The Hall–Kier alpha value is -4.71. The van der Waals surface area contributed by atoms with Crippen molar-refractivity contribution in [2.24, 2.45) is 5.92 Å². The summed E-state index contributed by atoms with van der Waals surface area (Å²) in [5, 5.41) is 23.2. The largest absolute Gasteiger partial charge is 0.496 e. The lowest BCUT2D eigenvalue weighted by molar-refractivity contribution is 0.281. The molecule has 5 rings (SSSR count). The molecule has 0 saturated carbocycles. The van der Waals surface area contributed by atoms with Crippen molar-refractivity contribution in [3.8, 4) is 29.1 Å². The van der Waals surface area contributed by atoms with Crippen LogP contribution in [0.25, 0.3) is 5.69 Å². The summed E-state index contributed by atoms with van der Waals surface area (Å²) in [6.45, 7) is 3.77. The van der Waals surface area contributed by atoms with Crippen LogP contribution in [0.3, 0.4) is 0 Å². The van der Waals surface area contributed by atoms with Gasteiger partial charge in [0.15, 0.2) is 11.6 Å². The van der Waals surface area contributed by atoms with Gasteiger partial charge in [-0.2, -0.15) is 10.4 Å². The highest BCUT2D eigenvalue weighted by Crippen LogP contribution is 2.45. The molecule has 1 aliphatic rings. The lowest BCUT2D eigenvalue weighted by atomic mass is 9.79. The minimum Gasteiger partial charge on any atom is -0.496 e. The maximum atomic E-state index is 14.1. The van der Waals surface area contributed by atoms with Crippen molar-refractivity contribution in [2.45, 2.75) is 26.4 Å². The molecule has 0 aliphatic carbocycles. The Morgan fingerprint density at radius 1 is 1.05 bits per heavy atom. The van der Waals surface area contributed by atoms with E-state index in [4.69, 9.17) is 19.6 Å². The molecule has 38 heavy (non-hydrogen) atoms. The standard InChI is InChI=1S/C29H24F2N4O3/c1-16-4-8-21(9-5-16)35-29-26(17(2)34-35)27(22(14-32)28(33)38-29)18-6-10-24(36-3)19(12-18)15-37-25-11-7-20(30)13-23(25)31/h4-13,22,27,33H,15H2,1-3H3. The summed E-state index contributed by atoms with van der Waals surface area (Å²) < 4.78 is 46.1. The zero-order chi connectivity index (χ0) is 27.0. The van der Waals surface area contributed by atoms with Crippen LogP contribution in [-0.4, -0.2) is 22.8 Å². The second-order valence-electron chi connectivity index (χ2n) is 9.04. The van der Waals surface area contributed by atoms with Crippen LogP contribution >= 0.6 is 0 Å². The third kappa shape index (κ3) is 4.45. The Morgan fingerprint density at radius 3 is 2.47 bits per heavy atom. The van der Waals surface area contributed by atoms with Gasteiger partial charge in [0, 0.05) is 23.1 Å². The first-order chi connectivity index (χ1) is 18.3. The average Bonchev–Trinajstić information content (AvgIpc) is 3.23. The number of aryl methyl sites for hydroxylation is 2. The zero-order valence-corrected chi connectivity index (χ0v) is 21.0. The molecule has 0 amide bonds. The first-order valence-electron chi connectivity index (χ1n) is 11.9. The molecule has 3 aromatic carbocycles. The van der Waals surface area contributed by atoms with E-state index in [1.165, 1.54) is 13.2 Å². The van der Waals surface area contributed by atoms with Gasteiger partial charge in [0.25, 0.3) is 0 Å². The van der Waals surface area contributed by atoms with Gasteiger partial charge in [-0.05, 0) is 55.8 Å². The predicted molar refractivity (Wildman–Crippen MR) is 136 cm³/mol. The lowest BCUT2D eigenvalue weighted by Crippen LogP contribution is -2.31. The van der Waals surface area contributed by atoms with E-state index in [-0.39, 0.29) is 18.3 Å². The Labute approximate surface area is 218 Å². The molecular weight excluding hydrogens is 490 g/mol. The summed E-state index contributed by atoms with van der Waals surface area (Å²) in [6.07, 6.45) is 0. The highest BCUT2D eigenvalue weighted by atomic mass is 19.1. The minimum absolute atomic E-state index is 0.0636. The van der Waals surface area contributed by atoms with E-state index in [1.807, 2.05) is 44.2 Å². The van der Waals surface area contributed by atoms with E-state index in [0.29, 0.717) is 28.5 Å². The fraction of sp³-hybridized carbons (Fsp3) is 0.207. The molecule has 1 aliphatic heterocycles. The van der Waals surface area contributed by atoms with E-state index in [2.05, 4.69) is 11.2 Å². The summed E-state index contributed by atoms with van der Waals surface area (Å²) in [5.41, 5.74) is 4.54. The number of methoxy groups -OCH3 is 1. The monoisotopic (exact) mass is 514 g/mol. The topological polar surface area (TPSA) is 93.2 Å². The highest BCUT2D eigenvalue weighted by molar-refractivity contribution is 5.85. The van der Waals surface area contributed by atoms with Crippen LogP contribution in [0, 0.1) is 48.1 Å². The molecular formula is C29H24F2N4O3. The number of nitrogens with one attached hydrogen (secondary N) is 1. The van der Waals surface area contributed by atoms with Crippen molar-refractivity contribution in [3.63, 3.8) is 0 Å². The van der Waals surface area contributed by atoms with Crippen molar-refractivity contribution < 1.29 is 23.0 Å². The predicted octanol–water partition coefficient (Wildman–Crippen LogP) is 6.00. The number of nitrogens with zero attached hydrogens (tertiary/aromatic N) is 3. The first-order valence-corrected chi connectivity index (χ1v) is 11.9. The van der Waals surface area contributed by atoms with Crippen molar-refractivity contribution in [3.05, 3.63) is 100 Å². The van der Waals surface area contributed by atoms with Gasteiger partial charge in [0.05, 0.1) is 24.6 Å². The molecule has 9 heteroatoms. The quantitative estimate of drug-likeness (QED) is 0.341. The number of hydrogen-bond donors (Lipinski definition) is 1. The first kappa shape index (κ1) is 25.0. The maximum Gasteiger partial charge on any atom is 0.228 e. The van der Waals surface area contributed by atoms with Crippen LogP contribution < -0.4 is 14.2 Å². The van der Waals surface area contributed by atoms with E-state index in [9.17, 15) is 14.0 Å². The molecule has 192 valence electrons. The van der Waals surface area contributed by atoms with Crippen LogP contribution in [0.15, 0.2) is 60.7 Å². The van der Waals surface area contributed by atoms with Crippen molar-refractivity contribution >= 4 is 5.90 Å². The van der Waals surface area contributed by atoms with E-state index >= 15 is 0 Å². The summed E-state index contributed by atoms with van der Waals surface area (Å²) in [6, 6.07) is 18.4. The lowest BCUT2D eigenvalue weighted by Gasteiger charge is -2.29. The van der Waals surface area contributed by atoms with Crippen molar-refractivity contribution in [2.75, 3.05) is 7.11 Å². The number of nitriles is 1. The normalized spacial score (nSPS) is 16.4. The second kappa shape index (κ2) is 9.98. The highest BCUT2D eigenvalue weighted by Gasteiger charge is 2.41. The number of halogens is 2. The van der Waals surface area contributed by atoms with E-state index < -0.39 is 23.5 Å². The van der Waals surface area contributed by atoms with Gasteiger partial charge >= 0.3 is 0 Å². The molecule has 0 fully saturated rings. The maximum absolute atomic E-state index is 14.1. The average molecular weight is 515 g/mol. The summed E-state index contributed by atoms with van der Waals surface area (Å²) in [5.74, 6) is -2.35. The van der Waals surface area contributed by atoms with Gasteiger partial charge in [-0.15, -0.1) is 0 Å². The number of aromatic nitrogens is 2. The van der Waals surface area contributed by atoms with Crippen molar-refractivity contribution in [1.82, 2.24) is 9.78 Å². The van der Waals surface area contributed by atoms with Gasteiger partial charge in [-0.25, -0.2) is 13.5 Å². The fourth-order valence-electron chi connectivity index (χ4n) is 4.67. The van der Waals surface area contributed by atoms with E-state index in [0.717, 1.165) is 28.9 Å². The van der Waals surface area contributed by atoms with Crippen molar-refractivity contribution in [1.29, 1.82) is 10.7 Å². The molecule has 2 atom stereocenters. The van der Waals surface area contributed by atoms with Crippen LogP contribution in [0.1, 0.15) is 33.9 Å². The zero-order valence-electron chi connectivity index (χ0n) is 21.0. The number of rotatable bonds is 6. The van der Waals surface area contributed by atoms with Gasteiger partial charge < -0.3 is 14.2 Å².